The van der Waals surface area contributed by atoms with E-state index >= 15 is 0 Å². The number of anilines is 1. The molecule has 0 fully saturated rings. The number of amides is 2. The Morgan fingerprint density at radius 2 is 1.83 bits per heavy atom. The van der Waals surface area contributed by atoms with E-state index < -0.39 is 23.9 Å². The van der Waals surface area contributed by atoms with Crippen LogP contribution in [0.2, 0.25) is 0 Å². The van der Waals surface area contributed by atoms with E-state index in [4.69, 9.17) is 10.5 Å². The third-order valence-corrected chi connectivity index (χ3v) is 6.85. The van der Waals surface area contributed by atoms with Gasteiger partial charge < -0.3 is 15.8 Å². The van der Waals surface area contributed by atoms with Gasteiger partial charge in [0, 0.05) is 4.88 Å². The lowest BCUT2D eigenvalue weighted by molar-refractivity contribution is -0.123. The van der Waals surface area contributed by atoms with E-state index in [0.29, 0.717) is 16.1 Å². The summed E-state index contributed by atoms with van der Waals surface area (Å²) in [5.41, 5.74) is 9.78. The number of nitrogens with one attached hydrogen (secondary N) is 1. The number of hydrogen-bond donors (Lipinski definition) is 2. The van der Waals surface area contributed by atoms with Crippen LogP contribution in [-0.2, 0) is 35.2 Å². The third kappa shape index (κ3) is 3.92. The second-order valence-corrected chi connectivity index (χ2v) is 8.76. The Hall–Kier alpha value is -2.67. The van der Waals surface area contributed by atoms with Crippen molar-refractivity contribution in [2.24, 2.45) is 5.73 Å². The fourth-order valence-electron chi connectivity index (χ4n) is 4.11. The normalized spacial score (nSPS) is 15.9. The zero-order valence-electron chi connectivity index (χ0n) is 16.4. The quantitative estimate of drug-likeness (QED) is 0.736. The molecule has 1 unspecified atom stereocenters. The van der Waals surface area contributed by atoms with Crippen LogP contribution in [0.3, 0.4) is 0 Å². The Bertz CT molecular complexity index is 995. The van der Waals surface area contributed by atoms with E-state index in [9.17, 15) is 14.4 Å². The second kappa shape index (κ2) is 7.99. The monoisotopic (exact) mass is 412 g/mol. The molecular formula is C22H24N2O4S. The fourth-order valence-corrected chi connectivity index (χ4v) is 5.41. The van der Waals surface area contributed by atoms with Crippen LogP contribution < -0.4 is 11.1 Å². The van der Waals surface area contributed by atoms with Crippen LogP contribution in [0.25, 0.3) is 0 Å². The van der Waals surface area contributed by atoms with Gasteiger partial charge in [-0.15, -0.1) is 11.3 Å². The van der Waals surface area contributed by atoms with Gasteiger partial charge in [-0.1, -0.05) is 6.07 Å². The number of carbonyl (C=O) groups is 3. The second-order valence-electron chi connectivity index (χ2n) is 7.65. The van der Waals surface area contributed by atoms with E-state index in [1.165, 1.54) is 35.8 Å². The van der Waals surface area contributed by atoms with Crippen molar-refractivity contribution in [3.05, 3.63) is 50.9 Å². The zero-order chi connectivity index (χ0) is 20.5. The molecule has 7 heteroatoms. The van der Waals surface area contributed by atoms with Gasteiger partial charge in [0.1, 0.15) is 5.00 Å². The first-order valence-corrected chi connectivity index (χ1v) is 10.8. The van der Waals surface area contributed by atoms with Crippen LogP contribution in [0.5, 0.6) is 0 Å². The maximum absolute atomic E-state index is 12.6. The number of benzene rings is 1. The number of aryl methyl sites for hydroxylation is 3. The van der Waals surface area contributed by atoms with E-state index in [2.05, 4.69) is 5.32 Å². The SMILES string of the molecule is CC(OC(=O)c1ccc2c(c1)CCCC2)C(=O)Nc1sc2c(c1C(N)=O)CCC2. The lowest BCUT2D eigenvalue weighted by Gasteiger charge is -2.17. The maximum Gasteiger partial charge on any atom is 0.338 e. The Morgan fingerprint density at radius 1 is 1.07 bits per heavy atom. The minimum absolute atomic E-state index is 0.393. The summed E-state index contributed by atoms with van der Waals surface area (Å²) in [6, 6.07) is 5.60. The summed E-state index contributed by atoms with van der Waals surface area (Å²) in [5, 5.41) is 3.18. The van der Waals surface area contributed by atoms with Crippen molar-refractivity contribution in [2.45, 2.75) is 58.0 Å². The highest BCUT2D eigenvalue weighted by Gasteiger charge is 2.28. The Labute approximate surface area is 173 Å². The van der Waals surface area contributed by atoms with Gasteiger partial charge in [-0.2, -0.15) is 0 Å². The number of thiophene rings is 1. The summed E-state index contributed by atoms with van der Waals surface area (Å²) in [6.45, 7) is 1.52. The fraction of sp³-hybridized carbons (Fsp3) is 0.409. The van der Waals surface area contributed by atoms with Crippen LogP contribution in [-0.4, -0.2) is 23.9 Å². The van der Waals surface area contributed by atoms with Gasteiger partial charge in [-0.25, -0.2) is 4.79 Å². The predicted molar refractivity (Wildman–Crippen MR) is 111 cm³/mol. The molecule has 4 rings (SSSR count). The Kier molecular flexibility index (Phi) is 5.41. The third-order valence-electron chi connectivity index (χ3n) is 5.64. The summed E-state index contributed by atoms with van der Waals surface area (Å²) < 4.78 is 5.38. The maximum atomic E-state index is 12.6. The lowest BCUT2D eigenvalue weighted by Crippen LogP contribution is -2.30. The summed E-state index contributed by atoms with van der Waals surface area (Å²) in [5.74, 6) is -1.54. The smallest absolute Gasteiger partial charge is 0.338 e. The predicted octanol–water partition coefficient (Wildman–Crippen LogP) is 3.40. The molecule has 2 aliphatic carbocycles. The molecule has 2 aliphatic rings. The summed E-state index contributed by atoms with van der Waals surface area (Å²) in [4.78, 5) is 38.0. The van der Waals surface area contributed by atoms with E-state index in [0.717, 1.165) is 49.0 Å². The molecule has 152 valence electrons. The van der Waals surface area contributed by atoms with E-state index in [1.54, 1.807) is 6.07 Å². The summed E-state index contributed by atoms with van der Waals surface area (Å²) >= 11 is 1.38. The number of fused-ring (bicyclic) bond motifs is 2. The molecular weight excluding hydrogens is 388 g/mol. The molecule has 1 aromatic heterocycles. The molecule has 0 radical (unpaired) electrons. The largest absolute Gasteiger partial charge is 0.449 e. The minimum Gasteiger partial charge on any atom is -0.449 e. The molecule has 0 saturated carbocycles. The first-order valence-electron chi connectivity index (χ1n) is 10.0. The molecule has 29 heavy (non-hydrogen) atoms. The molecule has 1 aromatic carbocycles. The van der Waals surface area contributed by atoms with Crippen LogP contribution >= 0.6 is 11.3 Å². The zero-order valence-corrected chi connectivity index (χ0v) is 17.2. The van der Waals surface area contributed by atoms with Crippen LogP contribution in [0, 0.1) is 0 Å². The molecule has 0 aliphatic heterocycles. The van der Waals surface area contributed by atoms with Crippen LogP contribution in [0.15, 0.2) is 18.2 Å². The number of hydrogen-bond acceptors (Lipinski definition) is 5. The topological polar surface area (TPSA) is 98.5 Å². The highest BCUT2D eigenvalue weighted by Crippen LogP contribution is 2.38. The van der Waals surface area contributed by atoms with Crippen molar-refractivity contribution in [1.29, 1.82) is 0 Å². The highest BCUT2D eigenvalue weighted by atomic mass is 32.1. The number of nitrogens with two attached hydrogens (primary N) is 1. The van der Waals surface area contributed by atoms with Crippen molar-refractivity contribution in [3.8, 4) is 0 Å². The molecule has 3 N–H and O–H groups in total. The van der Waals surface area contributed by atoms with Gasteiger partial charge in [0.25, 0.3) is 11.8 Å². The molecule has 1 heterocycles. The standard InChI is InChI=1S/C22H24N2O4S/c1-12(28-22(27)15-10-9-13-5-2-3-6-14(13)11-15)20(26)24-21-18(19(23)25)16-7-4-8-17(16)29-21/h9-12H,2-8H2,1H3,(H2,23,25)(H,24,26). The van der Waals surface area contributed by atoms with E-state index in [-0.39, 0.29) is 0 Å². The number of carbonyl (C=O) groups excluding carboxylic acids is 3. The van der Waals surface area contributed by atoms with Crippen LogP contribution in [0.4, 0.5) is 5.00 Å². The Morgan fingerprint density at radius 3 is 2.59 bits per heavy atom. The number of ether oxygens (including phenoxy) is 1. The number of primary amides is 1. The van der Waals surface area contributed by atoms with Crippen molar-refractivity contribution in [3.63, 3.8) is 0 Å². The van der Waals surface area contributed by atoms with Crippen molar-refractivity contribution in [2.75, 3.05) is 5.32 Å². The summed E-state index contributed by atoms with van der Waals surface area (Å²) in [7, 11) is 0. The van der Waals surface area contributed by atoms with Gasteiger partial charge in [0.05, 0.1) is 11.1 Å². The van der Waals surface area contributed by atoms with Gasteiger partial charge in [-0.05, 0) is 80.7 Å². The average molecular weight is 413 g/mol. The minimum atomic E-state index is -0.990. The average Bonchev–Trinajstić information content (AvgIpc) is 3.27. The van der Waals surface area contributed by atoms with Gasteiger partial charge in [0.15, 0.2) is 6.10 Å². The first-order chi connectivity index (χ1) is 13.9. The highest BCUT2D eigenvalue weighted by molar-refractivity contribution is 7.17. The Balaban J connectivity index is 1.44. The van der Waals surface area contributed by atoms with Crippen molar-refractivity contribution < 1.29 is 19.1 Å². The van der Waals surface area contributed by atoms with Crippen molar-refractivity contribution >= 4 is 34.1 Å². The first kappa shape index (κ1) is 19.6. The number of esters is 1. The van der Waals surface area contributed by atoms with Gasteiger partial charge in [-0.3, -0.25) is 9.59 Å². The van der Waals surface area contributed by atoms with E-state index in [1.807, 2.05) is 12.1 Å². The van der Waals surface area contributed by atoms with Crippen molar-refractivity contribution in [1.82, 2.24) is 0 Å². The molecule has 0 saturated heterocycles. The summed E-state index contributed by atoms with van der Waals surface area (Å²) in [6.07, 6.45) is 5.98. The number of rotatable bonds is 5. The lowest BCUT2D eigenvalue weighted by atomic mass is 9.90. The van der Waals surface area contributed by atoms with Crippen LogP contribution in [0.1, 0.15) is 68.5 Å². The van der Waals surface area contributed by atoms with Gasteiger partial charge >= 0.3 is 5.97 Å². The van der Waals surface area contributed by atoms with Gasteiger partial charge in [0.2, 0.25) is 0 Å². The molecule has 1 atom stereocenters. The molecule has 0 bridgehead atoms. The molecule has 2 amide bonds. The molecule has 2 aromatic rings. The molecule has 0 spiro atoms. The molecule has 6 nitrogen and oxygen atoms in total.